The van der Waals surface area contributed by atoms with Crippen molar-refractivity contribution in [1.29, 1.82) is 5.26 Å². The summed E-state index contributed by atoms with van der Waals surface area (Å²) in [5, 5.41) is 8.47. The second kappa shape index (κ2) is 2.87. The van der Waals surface area contributed by atoms with Crippen molar-refractivity contribution in [3.8, 4) is 6.07 Å². The van der Waals surface area contributed by atoms with Crippen molar-refractivity contribution in [3.63, 3.8) is 0 Å². The van der Waals surface area contributed by atoms with E-state index in [4.69, 9.17) is 5.26 Å². The molecule has 0 radical (unpaired) electrons. The monoisotopic (exact) mass is 177 g/mol. The highest BCUT2D eigenvalue weighted by molar-refractivity contribution is 5.20. The van der Waals surface area contributed by atoms with Crippen LogP contribution in [-0.4, -0.2) is 0 Å². The molecule has 1 heteroatoms. The van der Waals surface area contributed by atoms with E-state index >= 15 is 0 Å². The van der Waals surface area contributed by atoms with Gasteiger partial charge in [-0.1, -0.05) is 40.7 Å². The summed E-state index contributed by atoms with van der Waals surface area (Å²) < 4.78 is 0. The Balaban J connectivity index is 2.74. The van der Waals surface area contributed by atoms with Gasteiger partial charge >= 0.3 is 0 Å². The quantitative estimate of drug-likeness (QED) is 0.563. The SMILES string of the molecule is CC(C)(C)C1C(/C=C\C#N)C1(C)C. The number of nitrogens with zero attached hydrogens (tertiary/aromatic N) is 1. The van der Waals surface area contributed by atoms with Crippen LogP contribution in [0.3, 0.4) is 0 Å². The summed E-state index contributed by atoms with van der Waals surface area (Å²) >= 11 is 0. The lowest BCUT2D eigenvalue weighted by atomic mass is 9.85. The molecule has 1 saturated carbocycles. The molecule has 2 unspecified atom stereocenters. The van der Waals surface area contributed by atoms with Gasteiger partial charge in [0.25, 0.3) is 0 Å². The van der Waals surface area contributed by atoms with E-state index in [-0.39, 0.29) is 0 Å². The minimum Gasteiger partial charge on any atom is -0.193 e. The summed E-state index contributed by atoms with van der Waals surface area (Å²) in [6.45, 7) is 11.4. The lowest BCUT2D eigenvalue weighted by Gasteiger charge is -2.19. The third-order valence-electron chi connectivity index (χ3n) is 3.22. The molecule has 2 atom stereocenters. The second-order valence-electron chi connectivity index (χ2n) is 5.68. The number of nitriles is 1. The maximum atomic E-state index is 8.47. The van der Waals surface area contributed by atoms with Crippen molar-refractivity contribution in [2.75, 3.05) is 0 Å². The Hall–Kier alpha value is -0.770. The fraction of sp³-hybridized carbons (Fsp3) is 0.750. The molecule has 1 fully saturated rings. The van der Waals surface area contributed by atoms with E-state index in [0.717, 1.165) is 0 Å². The van der Waals surface area contributed by atoms with Gasteiger partial charge in [0.1, 0.15) is 0 Å². The Bertz CT molecular complexity index is 260. The lowest BCUT2D eigenvalue weighted by Crippen LogP contribution is -2.12. The molecule has 1 nitrogen and oxygen atoms in total. The van der Waals surface area contributed by atoms with Crippen LogP contribution < -0.4 is 0 Å². The van der Waals surface area contributed by atoms with Crippen LogP contribution >= 0.6 is 0 Å². The van der Waals surface area contributed by atoms with Gasteiger partial charge in [-0.25, -0.2) is 0 Å². The van der Waals surface area contributed by atoms with Crippen LogP contribution in [0.5, 0.6) is 0 Å². The Morgan fingerprint density at radius 1 is 1.31 bits per heavy atom. The molecule has 13 heavy (non-hydrogen) atoms. The molecule has 0 amide bonds. The average Bonchev–Trinajstić information content (AvgIpc) is 2.48. The van der Waals surface area contributed by atoms with Crippen molar-refractivity contribution in [2.45, 2.75) is 34.6 Å². The van der Waals surface area contributed by atoms with Gasteiger partial charge in [-0.2, -0.15) is 5.26 Å². The lowest BCUT2D eigenvalue weighted by molar-refractivity contribution is 0.298. The molecule has 0 N–H and O–H groups in total. The Morgan fingerprint density at radius 3 is 2.15 bits per heavy atom. The highest BCUT2D eigenvalue weighted by Crippen LogP contribution is 2.66. The molecule has 0 spiro atoms. The maximum Gasteiger partial charge on any atom is 0.0908 e. The second-order valence-corrected chi connectivity index (χ2v) is 5.68. The molecular weight excluding hydrogens is 158 g/mol. The fourth-order valence-corrected chi connectivity index (χ4v) is 2.84. The van der Waals surface area contributed by atoms with Crippen molar-refractivity contribution in [1.82, 2.24) is 0 Å². The third kappa shape index (κ3) is 1.77. The van der Waals surface area contributed by atoms with Crippen LogP contribution in [0.15, 0.2) is 12.2 Å². The van der Waals surface area contributed by atoms with E-state index < -0.39 is 0 Å². The number of allylic oxidation sites excluding steroid dienone is 2. The van der Waals surface area contributed by atoms with E-state index in [2.05, 4.69) is 46.8 Å². The first-order chi connectivity index (χ1) is 5.81. The first-order valence-corrected chi connectivity index (χ1v) is 4.88. The molecule has 1 rings (SSSR count). The van der Waals surface area contributed by atoms with Crippen LogP contribution in [0.4, 0.5) is 0 Å². The van der Waals surface area contributed by atoms with Crippen LogP contribution in [0.2, 0.25) is 0 Å². The molecule has 0 bridgehead atoms. The predicted octanol–water partition coefficient (Wildman–Crippen LogP) is 3.38. The van der Waals surface area contributed by atoms with Crippen molar-refractivity contribution in [2.24, 2.45) is 22.7 Å². The molecule has 1 aliphatic carbocycles. The number of hydrogen-bond acceptors (Lipinski definition) is 1. The van der Waals surface area contributed by atoms with Gasteiger partial charge in [0.2, 0.25) is 0 Å². The maximum absolute atomic E-state index is 8.47. The molecule has 0 aromatic rings. The molecule has 0 aromatic carbocycles. The van der Waals surface area contributed by atoms with E-state index in [9.17, 15) is 0 Å². The molecule has 0 heterocycles. The van der Waals surface area contributed by atoms with Gasteiger partial charge in [-0.15, -0.1) is 0 Å². The van der Waals surface area contributed by atoms with Crippen molar-refractivity contribution < 1.29 is 0 Å². The molecular formula is C12H19N. The van der Waals surface area contributed by atoms with Gasteiger partial charge in [0, 0.05) is 6.08 Å². The molecule has 0 aromatic heterocycles. The van der Waals surface area contributed by atoms with Gasteiger partial charge in [0.05, 0.1) is 6.07 Å². The highest BCUT2D eigenvalue weighted by Gasteiger charge is 2.60. The minimum absolute atomic E-state index is 0.355. The summed E-state index contributed by atoms with van der Waals surface area (Å²) in [6.07, 6.45) is 3.69. The zero-order valence-electron chi connectivity index (χ0n) is 9.26. The van der Waals surface area contributed by atoms with E-state index in [1.165, 1.54) is 0 Å². The van der Waals surface area contributed by atoms with Crippen molar-refractivity contribution >= 4 is 0 Å². The highest BCUT2D eigenvalue weighted by atomic mass is 14.6. The molecule has 0 saturated heterocycles. The zero-order chi connectivity index (χ0) is 10.3. The van der Waals surface area contributed by atoms with Gasteiger partial charge < -0.3 is 0 Å². The van der Waals surface area contributed by atoms with Crippen LogP contribution in [0.1, 0.15) is 34.6 Å². The van der Waals surface area contributed by atoms with Crippen molar-refractivity contribution in [3.05, 3.63) is 12.2 Å². The van der Waals surface area contributed by atoms with E-state index in [1.807, 2.05) is 0 Å². The first-order valence-electron chi connectivity index (χ1n) is 4.88. The predicted molar refractivity (Wildman–Crippen MR) is 55.0 cm³/mol. The topological polar surface area (TPSA) is 23.8 Å². The van der Waals surface area contributed by atoms with Crippen LogP contribution in [0, 0.1) is 34.0 Å². The van der Waals surface area contributed by atoms with Gasteiger partial charge in [-0.05, 0) is 22.7 Å². The Morgan fingerprint density at radius 2 is 1.85 bits per heavy atom. The largest absolute Gasteiger partial charge is 0.193 e. The summed E-state index contributed by atoms with van der Waals surface area (Å²) in [7, 11) is 0. The number of hydrogen-bond donors (Lipinski definition) is 0. The summed E-state index contributed by atoms with van der Waals surface area (Å²) in [5.74, 6) is 1.30. The van der Waals surface area contributed by atoms with Gasteiger partial charge in [-0.3, -0.25) is 0 Å². The number of rotatable bonds is 1. The first kappa shape index (κ1) is 10.3. The van der Waals surface area contributed by atoms with E-state index in [0.29, 0.717) is 22.7 Å². The average molecular weight is 177 g/mol. The third-order valence-corrected chi connectivity index (χ3v) is 3.22. The fourth-order valence-electron chi connectivity index (χ4n) is 2.84. The minimum atomic E-state index is 0.355. The molecule has 1 aliphatic rings. The normalized spacial score (nSPS) is 31.7. The van der Waals surface area contributed by atoms with Crippen LogP contribution in [0.25, 0.3) is 0 Å². The zero-order valence-corrected chi connectivity index (χ0v) is 9.26. The smallest absolute Gasteiger partial charge is 0.0908 e. The summed E-state index contributed by atoms with van der Waals surface area (Å²) in [6, 6.07) is 2.07. The summed E-state index contributed by atoms with van der Waals surface area (Å²) in [4.78, 5) is 0. The standard InChI is InChI=1S/C12H19N/c1-11(2,3)10-9(7-6-8-13)12(10,4)5/h6-7,9-10H,1-5H3/b7-6-. The van der Waals surface area contributed by atoms with Crippen LogP contribution in [-0.2, 0) is 0 Å². The van der Waals surface area contributed by atoms with E-state index in [1.54, 1.807) is 6.08 Å². The van der Waals surface area contributed by atoms with Gasteiger partial charge in [0.15, 0.2) is 0 Å². The summed E-state index contributed by atoms with van der Waals surface area (Å²) in [5.41, 5.74) is 0.736. The molecule has 72 valence electrons. The Labute approximate surface area is 81.5 Å². The Kier molecular flexibility index (Phi) is 2.28. The molecule has 0 aliphatic heterocycles.